The highest BCUT2D eigenvalue weighted by Gasteiger charge is 2.37. The minimum atomic E-state index is 0.439. The van der Waals surface area contributed by atoms with Gasteiger partial charge in [-0.2, -0.15) is 0 Å². The van der Waals surface area contributed by atoms with E-state index in [0.717, 1.165) is 25.0 Å². The SMILES string of the molecule is CCNC1CCC(C(C)(C)CC)CC1OCCC1CCC1. The number of rotatable bonds is 8. The van der Waals surface area contributed by atoms with Crippen LogP contribution in [-0.4, -0.2) is 25.3 Å². The predicted molar refractivity (Wildman–Crippen MR) is 90.6 cm³/mol. The summed E-state index contributed by atoms with van der Waals surface area (Å²) in [5.74, 6) is 1.79. The largest absolute Gasteiger partial charge is 0.377 e. The van der Waals surface area contributed by atoms with Gasteiger partial charge >= 0.3 is 0 Å². The summed E-state index contributed by atoms with van der Waals surface area (Å²) < 4.78 is 6.36. The fourth-order valence-electron chi connectivity index (χ4n) is 3.98. The third-order valence-corrected chi connectivity index (χ3v) is 6.36. The Bertz CT molecular complexity index is 298. The molecule has 2 rings (SSSR count). The highest BCUT2D eigenvalue weighted by molar-refractivity contribution is 4.91. The van der Waals surface area contributed by atoms with Gasteiger partial charge in [0.15, 0.2) is 0 Å². The second kappa shape index (κ2) is 7.97. The molecule has 0 bridgehead atoms. The third kappa shape index (κ3) is 4.69. The molecule has 1 N–H and O–H groups in total. The van der Waals surface area contributed by atoms with Crippen molar-refractivity contribution >= 4 is 0 Å². The molecule has 0 spiro atoms. The van der Waals surface area contributed by atoms with E-state index in [2.05, 4.69) is 33.0 Å². The Balaban J connectivity index is 1.84. The molecule has 2 heteroatoms. The first kappa shape index (κ1) is 17.3. The number of hydrogen-bond acceptors (Lipinski definition) is 2. The van der Waals surface area contributed by atoms with Crippen molar-refractivity contribution in [2.24, 2.45) is 17.3 Å². The topological polar surface area (TPSA) is 21.3 Å². The zero-order valence-electron chi connectivity index (χ0n) is 14.8. The molecule has 0 saturated heterocycles. The predicted octanol–water partition coefficient (Wildman–Crippen LogP) is 4.78. The van der Waals surface area contributed by atoms with E-state index in [4.69, 9.17) is 4.74 Å². The minimum absolute atomic E-state index is 0.439. The first-order chi connectivity index (χ1) is 10.1. The fraction of sp³-hybridized carbons (Fsp3) is 1.00. The molecule has 2 fully saturated rings. The van der Waals surface area contributed by atoms with Crippen molar-refractivity contribution in [2.45, 2.75) is 91.2 Å². The molecule has 2 saturated carbocycles. The van der Waals surface area contributed by atoms with Gasteiger partial charge in [0.1, 0.15) is 0 Å². The van der Waals surface area contributed by atoms with Gasteiger partial charge < -0.3 is 10.1 Å². The van der Waals surface area contributed by atoms with E-state index < -0.39 is 0 Å². The second-order valence-corrected chi connectivity index (χ2v) is 8.01. The Morgan fingerprint density at radius 3 is 2.43 bits per heavy atom. The van der Waals surface area contributed by atoms with Crippen molar-refractivity contribution < 1.29 is 4.74 Å². The van der Waals surface area contributed by atoms with Crippen molar-refractivity contribution in [3.8, 4) is 0 Å². The maximum atomic E-state index is 6.36. The van der Waals surface area contributed by atoms with Gasteiger partial charge in [-0.05, 0) is 49.5 Å². The van der Waals surface area contributed by atoms with Crippen LogP contribution in [0.2, 0.25) is 0 Å². The van der Waals surface area contributed by atoms with E-state index in [1.807, 2.05) is 0 Å². The first-order valence-corrected chi connectivity index (χ1v) is 9.41. The van der Waals surface area contributed by atoms with Crippen LogP contribution >= 0.6 is 0 Å². The minimum Gasteiger partial charge on any atom is -0.377 e. The molecule has 0 amide bonds. The lowest BCUT2D eigenvalue weighted by Crippen LogP contribution is -2.48. The van der Waals surface area contributed by atoms with Crippen LogP contribution in [0, 0.1) is 17.3 Å². The van der Waals surface area contributed by atoms with Gasteiger partial charge in [0.05, 0.1) is 6.10 Å². The molecular weight excluding hydrogens is 258 g/mol. The van der Waals surface area contributed by atoms with Gasteiger partial charge in [-0.3, -0.25) is 0 Å². The van der Waals surface area contributed by atoms with E-state index in [1.165, 1.54) is 51.4 Å². The van der Waals surface area contributed by atoms with Crippen LogP contribution in [0.3, 0.4) is 0 Å². The number of likely N-dealkylation sites (N-methyl/N-ethyl adjacent to an activating group) is 1. The first-order valence-electron chi connectivity index (χ1n) is 9.41. The highest BCUT2D eigenvalue weighted by atomic mass is 16.5. The molecule has 0 radical (unpaired) electrons. The quantitative estimate of drug-likeness (QED) is 0.696. The molecule has 0 aliphatic heterocycles. The standard InChI is InChI=1S/C19H37NO/c1-5-19(3,4)16-10-11-17(20-6-2)18(14-16)21-13-12-15-8-7-9-15/h15-18,20H,5-14H2,1-4H3. The molecule has 3 atom stereocenters. The smallest absolute Gasteiger partial charge is 0.0730 e. The molecule has 2 aliphatic carbocycles. The van der Waals surface area contributed by atoms with Gasteiger partial charge in [-0.25, -0.2) is 0 Å². The summed E-state index contributed by atoms with van der Waals surface area (Å²) in [6, 6.07) is 0.584. The maximum Gasteiger partial charge on any atom is 0.0730 e. The van der Waals surface area contributed by atoms with Crippen LogP contribution in [0.5, 0.6) is 0 Å². The van der Waals surface area contributed by atoms with E-state index in [-0.39, 0.29) is 0 Å². The van der Waals surface area contributed by atoms with Crippen LogP contribution in [0.4, 0.5) is 0 Å². The zero-order valence-corrected chi connectivity index (χ0v) is 14.8. The monoisotopic (exact) mass is 295 g/mol. The van der Waals surface area contributed by atoms with Crippen LogP contribution in [-0.2, 0) is 4.74 Å². The highest BCUT2D eigenvalue weighted by Crippen LogP contribution is 2.41. The average molecular weight is 296 g/mol. The van der Waals surface area contributed by atoms with E-state index in [1.54, 1.807) is 0 Å². The Morgan fingerprint density at radius 2 is 1.86 bits per heavy atom. The lowest BCUT2D eigenvalue weighted by atomic mass is 9.68. The van der Waals surface area contributed by atoms with Crippen molar-refractivity contribution in [1.29, 1.82) is 0 Å². The molecule has 2 aliphatic rings. The molecular formula is C19H37NO. The van der Waals surface area contributed by atoms with Gasteiger partial charge in [0, 0.05) is 12.6 Å². The molecule has 0 aromatic rings. The molecule has 124 valence electrons. The Hall–Kier alpha value is -0.0800. The average Bonchev–Trinajstić information content (AvgIpc) is 2.43. The van der Waals surface area contributed by atoms with Crippen molar-refractivity contribution in [1.82, 2.24) is 5.32 Å². The molecule has 0 aromatic heterocycles. The van der Waals surface area contributed by atoms with Crippen molar-refractivity contribution in [3.63, 3.8) is 0 Å². The van der Waals surface area contributed by atoms with Gasteiger partial charge in [-0.1, -0.05) is 53.4 Å². The summed E-state index contributed by atoms with van der Waals surface area (Å²) in [5, 5.41) is 3.67. The zero-order chi connectivity index (χ0) is 15.3. The summed E-state index contributed by atoms with van der Waals surface area (Å²) in [5.41, 5.74) is 0.465. The lowest BCUT2D eigenvalue weighted by Gasteiger charge is -2.43. The van der Waals surface area contributed by atoms with Crippen LogP contribution < -0.4 is 5.32 Å². The molecule has 0 heterocycles. The van der Waals surface area contributed by atoms with Gasteiger partial charge in [-0.15, -0.1) is 0 Å². The molecule has 3 unspecified atom stereocenters. The van der Waals surface area contributed by atoms with Gasteiger partial charge in [0.2, 0.25) is 0 Å². The molecule has 21 heavy (non-hydrogen) atoms. The molecule has 0 aromatic carbocycles. The Morgan fingerprint density at radius 1 is 1.10 bits per heavy atom. The second-order valence-electron chi connectivity index (χ2n) is 8.01. The van der Waals surface area contributed by atoms with E-state index in [0.29, 0.717) is 17.6 Å². The third-order valence-electron chi connectivity index (χ3n) is 6.36. The normalized spacial score (nSPS) is 31.1. The fourth-order valence-corrected chi connectivity index (χ4v) is 3.98. The lowest BCUT2D eigenvalue weighted by molar-refractivity contribution is -0.0370. The summed E-state index contributed by atoms with van der Waals surface area (Å²) in [7, 11) is 0. The molecule has 2 nitrogen and oxygen atoms in total. The number of ether oxygens (including phenoxy) is 1. The van der Waals surface area contributed by atoms with Gasteiger partial charge in [0.25, 0.3) is 0 Å². The maximum absolute atomic E-state index is 6.36. The van der Waals surface area contributed by atoms with Crippen LogP contribution in [0.1, 0.15) is 79.1 Å². The summed E-state index contributed by atoms with van der Waals surface area (Å²) in [6.45, 7) is 11.5. The van der Waals surface area contributed by atoms with E-state index >= 15 is 0 Å². The Labute approximate surface area is 132 Å². The number of hydrogen-bond donors (Lipinski definition) is 1. The van der Waals surface area contributed by atoms with Crippen molar-refractivity contribution in [2.75, 3.05) is 13.2 Å². The van der Waals surface area contributed by atoms with Crippen LogP contribution in [0.25, 0.3) is 0 Å². The van der Waals surface area contributed by atoms with Crippen LogP contribution in [0.15, 0.2) is 0 Å². The summed E-state index contributed by atoms with van der Waals surface area (Å²) in [4.78, 5) is 0. The number of nitrogens with one attached hydrogen (secondary N) is 1. The van der Waals surface area contributed by atoms with Crippen molar-refractivity contribution in [3.05, 3.63) is 0 Å². The van der Waals surface area contributed by atoms with E-state index in [9.17, 15) is 0 Å². The summed E-state index contributed by atoms with van der Waals surface area (Å²) in [6.07, 6.45) is 11.2. The Kier molecular flexibility index (Phi) is 6.55. The summed E-state index contributed by atoms with van der Waals surface area (Å²) >= 11 is 0.